The molecular weight excluding hydrogens is 578 g/mol. The zero-order valence-electron chi connectivity index (χ0n) is 25.9. The summed E-state index contributed by atoms with van der Waals surface area (Å²) in [7, 11) is 3.64. The first-order chi connectivity index (χ1) is 22.4. The van der Waals surface area contributed by atoms with E-state index >= 15 is 0 Å². The van der Waals surface area contributed by atoms with Gasteiger partial charge in [0, 0.05) is 65.7 Å². The minimum absolute atomic E-state index is 0.00728. The number of piperidine rings is 1. The van der Waals surface area contributed by atoms with Crippen molar-refractivity contribution in [3.05, 3.63) is 76.6 Å². The van der Waals surface area contributed by atoms with Crippen molar-refractivity contribution in [3.63, 3.8) is 0 Å². The molecule has 3 fully saturated rings. The number of aromatic amines is 1. The van der Waals surface area contributed by atoms with Crippen LogP contribution in [0.3, 0.4) is 0 Å². The van der Waals surface area contributed by atoms with Crippen LogP contribution < -0.4 is 16.0 Å². The van der Waals surface area contributed by atoms with Gasteiger partial charge >= 0.3 is 0 Å². The van der Waals surface area contributed by atoms with E-state index in [0.29, 0.717) is 29.7 Å². The summed E-state index contributed by atoms with van der Waals surface area (Å²) in [6.07, 6.45) is 4.44. The summed E-state index contributed by atoms with van der Waals surface area (Å²) in [6.45, 7) is 1.56. The molecule has 2 aromatic carbocycles. The highest BCUT2D eigenvalue weighted by molar-refractivity contribution is 6.01. The molecule has 5 heterocycles. The fourth-order valence-electron chi connectivity index (χ4n) is 7.88. The van der Waals surface area contributed by atoms with Crippen LogP contribution in [-0.2, 0) is 13.6 Å². The minimum atomic E-state index is -0.126. The quantitative estimate of drug-likeness (QED) is 0.270. The Labute approximate surface area is 264 Å². The van der Waals surface area contributed by atoms with Crippen molar-refractivity contribution in [2.24, 2.45) is 24.6 Å². The fourth-order valence-corrected chi connectivity index (χ4v) is 7.88. The number of methoxy groups -OCH3 is 1. The highest BCUT2D eigenvalue weighted by Crippen LogP contribution is 2.40. The molecule has 3 aliphatic rings. The number of aryl methyl sites for hydroxylation is 1. The maximum atomic E-state index is 13.8. The van der Waals surface area contributed by atoms with Gasteiger partial charge in [0.15, 0.2) is 5.82 Å². The predicted molar refractivity (Wildman–Crippen MR) is 178 cm³/mol. The molecule has 6 aromatic rings. The van der Waals surface area contributed by atoms with E-state index in [2.05, 4.69) is 26.3 Å². The number of carbonyl (C=O) groups is 1. The Bertz CT molecular complexity index is 2280. The average Bonchev–Trinajstić information content (AvgIpc) is 3.47. The first-order valence-corrected chi connectivity index (χ1v) is 16.1. The lowest BCUT2D eigenvalue weighted by Crippen LogP contribution is -2.41. The van der Waals surface area contributed by atoms with Crippen LogP contribution in [0.15, 0.2) is 65.5 Å². The molecule has 1 aliphatic heterocycles. The summed E-state index contributed by atoms with van der Waals surface area (Å²) in [5.74, 6) is 2.39. The highest BCUT2D eigenvalue weighted by atomic mass is 16.5. The molecule has 232 valence electrons. The number of rotatable bonds is 6. The number of nitrogens with one attached hydrogen (secondary N) is 1. The number of nitrogens with zero attached hydrogens (tertiary/aromatic N) is 5. The minimum Gasteiger partial charge on any atom is -0.494 e. The molecule has 0 spiro atoms. The van der Waals surface area contributed by atoms with Crippen LogP contribution in [0.1, 0.15) is 36.0 Å². The molecule has 2 aliphatic carbocycles. The molecule has 10 nitrogen and oxygen atoms in total. The van der Waals surface area contributed by atoms with Crippen LogP contribution in [0.5, 0.6) is 5.75 Å². The van der Waals surface area contributed by atoms with Crippen molar-refractivity contribution in [3.8, 4) is 28.5 Å². The van der Waals surface area contributed by atoms with Gasteiger partial charge in [0.2, 0.25) is 5.56 Å². The van der Waals surface area contributed by atoms with Gasteiger partial charge in [-0.1, -0.05) is 12.1 Å². The van der Waals surface area contributed by atoms with E-state index in [1.807, 2.05) is 54.4 Å². The molecule has 4 aromatic heterocycles. The molecule has 0 radical (unpaired) electrons. The van der Waals surface area contributed by atoms with Gasteiger partial charge in [-0.3, -0.25) is 9.59 Å². The first kappa shape index (κ1) is 27.4. The number of likely N-dealkylation sites (tertiary alicyclic amines) is 1. The SMILES string of the molecule is COc1cc(C(=O)N2CC3CCC2[C@@H]3N)cc2nc(-c3cc4ccc(-c5cccc6[nH]c(=O)ccc56)nc4n3CC3CC3)n(C)c12. The van der Waals surface area contributed by atoms with Gasteiger partial charge in [0.05, 0.1) is 24.0 Å². The van der Waals surface area contributed by atoms with E-state index in [0.717, 1.165) is 75.1 Å². The Hall–Kier alpha value is -4.96. The van der Waals surface area contributed by atoms with Crippen molar-refractivity contribution in [1.29, 1.82) is 0 Å². The monoisotopic (exact) mass is 613 g/mol. The molecule has 1 saturated heterocycles. The van der Waals surface area contributed by atoms with E-state index < -0.39 is 0 Å². The Kier molecular flexibility index (Phi) is 5.96. The lowest BCUT2D eigenvalue weighted by Gasteiger charge is -2.27. The second kappa shape index (κ2) is 10.0. The number of fused-ring (bicyclic) bond motifs is 5. The number of pyridine rings is 2. The number of nitrogens with two attached hydrogens (primary N) is 1. The van der Waals surface area contributed by atoms with Crippen LogP contribution in [0.25, 0.3) is 55.7 Å². The van der Waals surface area contributed by atoms with Crippen molar-refractivity contribution in [1.82, 2.24) is 29.0 Å². The molecular formula is C36H35N7O3. The van der Waals surface area contributed by atoms with Crippen molar-refractivity contribution >= 4 is 38.9 Å². The molecule has 46 heavy (non-hydrogen) atoms. The maximum Gasteiger partial charge on any atom is 0.254 e. The van der Waals surface area contributed by atoms with E-state index in [1.165, 1.54) is 12.8 Å². The van der Waals surface area contributed by atoms with Crippen molar-refractivity contribution in [2.75, 3.05) is 13.7 Å². The highest BCUT2D eigenvalue weighted by Gasteiger charge is 2.47. The summed E-state index contributed by atoms with van der Waals surface area (Å²) < 4.78 is 10.2. The Balaban J connectivity index is 1.17. The number of benzene rings is 2. The molecule has 9 rings (SSSR count). The molecule has 3 N–H and O–H groups in total. The lowest BCUT2D eigenvalue weighted by atomic mass is 10.0. The van der Waals surface area contributed by atoms with Crippen LogP contribution in [0.2, 0.25) is 0 Å². The van der Waals surface area contributed by atoms with E-state index in [9.17, 15) is 9.59 Å². The largest absolute Gasteiger partial charge is 0.494 e. The summed E-state index contributed by atoms with van der Waals surface area (Å²) in [5, 5.41) is 1.98. The fraction of sp³-hybridized carbons (Fsp3) is 0.333. The predicted octanol–water partition coefficient (Wildman–Crippen LogP) is 5.08. The summed E-state index contributed by atoms with van der Waals surface area (Å²) in [4.78, 5) is 41.0. The first-order valence-electron chi connectivity index (χ1n) is 16.1. The third-order valence-electron chi connectivity index (χ3n) is 10.5. The van der Waals surface area contributed by atoms with Crippen LogP contribution in [0.4, 0.5) is 0 Å². The summed E-state index contributed by atoms with van der Waals surface area (Å²) in [6, 6.07) is 19.5. The summed E-state index contributed by atoms with van der Waals surface area (Å²) >= 11 is 0. The number of amides is 1. The maximum absolute atomic E-state index is 13.8. The topological polar surface area (TPSA) is 124 Å². The van der Waals surface area contributed by atoms with Gasteiger partial charge in [-0.05, 0) is 80.0 Å². The molecule has 2 saturated carbocycles. The van der Waals surface area contributed by atoms with Gasteiger partial charge in [0.1, 0.15) is 16.9 Å². The van der Waals surface area contributed by atoms with Gasteiger partial charge < -0.3 is 29.5 Å². The Morgan fingerprint density at radius 3 is 2.67 bits per heavy atom. The van der Waals surface area contributed by atoms with Crippen molar-refractivity contribution in [2.45, 2.75) is 44.3 Å². The van der Waals surface area contributed by atoms with Crippen LogP contribution in [-0.4, -0.2) is 60.6 Å². The number of aromatic nitrogens is 5. The Morgan fingerprint density at radius 1 is 1.04 bits per heavy atom. The van der Waals surface area contributed by atoms with E-state index in [4.69, 9.17) is 20.4 Å². The zero-order chi connectivity index (χ0) is 31.3. The van der Waals surface area contributed by atoms with Gasteiger partial charge in [0.25, 0.3) is 5.91 Å². The van der Waals surface area contributed by atoms with Gasteiger partial charge in [-0.2, -0.15) is 0 Å². The van der Waals surface area contributed by atoms with Crippen LogP contribution in [0, 0.1) is 11.8 Å². The second-order valence-corrected chi connectivity index (χ2v) is 13.3. The van der Waals surface area contributed by atoms with Gasteiger partial charge in [-0.25, -0.2) is 9.97 Å². The number of H-pyrrole nitrogens is 1. The van der Waals surface area contributed by atoms with Crippen molar-refractivity contribution < 1.29 is 9.53 Å². The third-order valence-corrected chi connectivity index (χ3v) is 10.5. The average molecular weight is 614 g/mol. The number of ether oxygens (including phenoxy) is 1. The second-order valence-electron chi connectivity index (χ2n) is 13.3. The smallest absolute Gasteiger partial charge is 0.254 e. The molecule has 3 atom stereocenters. The molecule has 2 bridgehead atoms. The van der Waals surface area contributed by atoms with E-state index in [-0.39, 0.29) is 23.6 Å². The zero-order valence-corrected chi connectivity index (χ0v) is 25.9. The number of hydrogen-bond acceptors (Lipinski definition) is 6. The van der Waals surface area contributed by atoms with E-state index in [1.54, 1.807) is 13.2 Å². The lowest BCUT2D eigenvalue weighted by molar-refractivity contribution is 0.0700. The molecule has 10 heteroatoms. The number of hydrogen-bond donors (Lipinski definition) is 2. The molecule has 1 amide bonds. The van der Waals surface area contributed by atoms with Gasteiger partial charge in [-0.15, -0.1) is 0 Å². The third kappa shape index (κ3) is 4.12. The standard InChI is InChI=1S/C36H35N7O3/c1-41-33-27(14-22(16-30(33)46-2)36(45)43-18-21-9-12-28(43)32(21)37)40-35(41)29-15-20-8-11-26(39-34(20)42(29)17-19-6-7-19)23-4-3-5-25-24(23)10-13-31(44)38-25/h3-5,8,10-11,13-16,19,21,28,32H,6-7,9,12,17-18,37H2,1-2H3,(H,38,44)/t21?,28?,32-/m1/s1. The number of imidazole rings is 1. The number of carbonyl (C=O) groups excluding carboxylic acids is 1. The Morgan fingerprint density at radius 2 is 1.91 bits per heavy atom. The molecule has 2 unspecified atom stereocenters. The summed E-state index contributed by atoms with van der Waals surface area (Å²) in [5.41, 5.74) is 12.9. The normalized spacial score (nSPS) is 20.8. The van der Waals surface area contributed by atoms with Crippen LogP contribution >= 0.6 is 0 Å².